The zero-order chi connectivity index (χ0) is 21.3. The molecule has 6 nitrogen and oxygen atoms in total. The van der Waals surface area contributed by atoms with Gasteiger partial charge in [-0.15, -0.1) is 0 Å². The summed E-state index contributed by atoms with van der Waals surface area (Å²) < 4.78 is 39.4. The van der Waals surface area contributed by atoms with Gasteiger partial charge in [0.1, 0.15) is 5.56 Å². The van der Waals surface area contributed by atoms with Crippen LogP contribution >= 0.6 is 0 Å². The van der Waals surface area contributed by atoms with Crippen molar-refractivity contribution in [2.75, 3.05) is 0 Å². The number of aliphatic imine (C=N–C) groups is 1. The van der Waals surface area contributed by atoms with Crippen molar-refractivity contribution in [2.24, 2.45) is 4.99 Å². The highest BCUT2D eigenvalue weighted by Gasteiger charge is 2.30. The van der Waals surface area contributed by atoms with Gasteiger partial charge in [0.25, 0.3) is 5.56 Å². The van der Waals surface area contributed by atoms with E-state index in [1.54, 1.807) is 18.2 Å². The van der Waals surface area contributed by atoms with Crippen molar-refractivity contribution in [1.29, 1.82) is 0 Å². The molecule has 29 heavy (non-hydrogen) atoms. The molecule has 0 fully saturated rings. The number of benzene rings is 2. The fourth-order valence-electron chi connectivity index (χ4n) is 2.66. The maximum Gasteiger partial charge on any atom is 0.416 e. The van der Waals surface area contributed by atoms with E-state index in [4.69, 9.17) is 0 Å². The van der Waals surface area contributed by atoms with Crippen molar-refractivity contribution in [3.63, 3.8) is 0 Å². The van der Waals surface area contributed by atoms with Crippen LogP contribution in [0.2, 0.25) is 0 Å². The quantitative estimate of drug-likeness (QED) is 0.655. The van der Waals surface area contributed by atoms with Gasteiger partial charge in [-0.3, -0.25) is 14.8 Å². The first-order valence-corrected chi connectivity index (χ1v) is 8.45. The standard InChI is InChI=1S/C20H16F3N3O3/c1-11-6-7-15(8-12(11)2)26-18(28)16(17(27)25-19(26)29)10-24-14-5-3-4-13(9-14)20(21,22)23/h3-10,28H,1-2H3,(H,25,27,29). The molecule has 0 aliphatic carbocycles. The van der Waals surface area contributed by atoms with Crippen LogP contribution in [-0.4, -0.2) is 20.9 Å². The third kappa shape index (κ3) is 4.13. The molecule has 0 atom stereocenters. The second-order valence-electron chi connectivity index (χ2n) is 6.41. The predicted molar refractivity (Wildman–Crippen MR) is 102 cm³/mol. The maximum absolute atomic E-state index is 12.8. The Bertz CT molecular complexity index is 1220. The number of aromatic amines is 1. The molecule has 0 unspecified atom stereocenters. The molecule has 0 amide bonds. The molecule has 3 rings (SSSR count). The number of hydrogen-bond acceptors (Lipinski definition) is 4. The molecule has 0 aliphatic heterocycles. The highest BCUT2D eigenvalue weighted by atomic mass is 19.4. The van der Waals surface area contributed by atoms with Crippen LogP contribution in [0, 0.1) is 13.8 Å². The number of nitrogens with one attached hydrogen (secondary N) is 1. The van der Waals surface area contributed by atoms with Crippen molar-refractivity contribution in [2.45, 2.75) is 20.0 Å². The Morgan fingerprint density at radius 1 is 1.07 bits per heavy atom. The van der Waals surface area contributed by atoms with E-state index in [1.807, 2.05) is 13.8 Å². The van der Waals surface area contributed by atoms with Gasteiger partial charge in [0.15, 0.2) is 0 Å². The van der Waals surface area contributed by atoms with E-state index in [0.29, 0.717) is 5.69 Å². The number of rotatable bonds is 3. The summed E-state index contributed by atoms with van der Waals surface area (Å²) in [7, 11) is 0. The summed E-state index contributed by atoms with van der Waals surface area (Å²) in [6.45, 7) is 3.70. The Labute approximate surface area is 162 Å². The number of hydrogen-bond donors (Lipinski definition) is 2. The highest BCUT2D eigenvalue weighted by molar-refractivity contribution is 5.84. The maximum atomic E-state index is 12.8. The third-order valence-electron chi connectivity index (χ3n) is 4.39. The number of aromatic nitrogens is 2. The number of alkyl halides is 3. The number of aryl methyl sites for hydroxylation is 2. The minimum Gasteiger partial charge on any atom is -0.493 e. The second kappa shape index (κ2) is 7.42. The molecular weight excluding hydrogens is 387 g/mol. The zero-order valence-corrected chi connectivity index (χ0v) is 15.4. The molecule has 150 valence electrons. The Morgan fingerprint density at radius 2 is 1.79 bits per heavy atom. The fraction of sp³-hybridized carbons (Fsp3) is 0.150. The summed E-state index contributed by atoms with van der Waals surface area (Å²) in [4.78, 5) is 30.3. The monoisotopic (exact) mass is 403 g/mol. The smallest absolute Gasteiger partial charge is 0.416 e. The number of halogens is 3. The van der Waals surface area contributed by atoms with Gasteiger partial charge in [0.2, 0.25) is 5.88 Å². The molecule has 1 heterocycles. The lowest BCUT2D eigenvalue weighted by atomic mass is 10.1. The molecule has 9 heteroatoms. The zero-order valence-electron chi connectivity index (χ0n) is 15.4. The number of nitrogens with zero attached hydrogens (tertiary/aromatic N) is 2. The van der Waals surface area contributed by atoms with E-state index in [-0.39, 0.29) is 11.3 Å². The number of H-pyrrole nitrogens is 1. The summed E-state index contributed by atoms with van der Waals surface area (Å²) in [6, 6.07) is 9.19. The van der Waals surface area contributed by atoms with Gasteiger partial charge in [0.05, 0.1) is 16.9 Å². The predicted octanol–water partition coefficient (Wildman–Crippen LogP) is 3.62. The fourth-order valence-corrected chi connectivity index (χ4v) is 2.66. The molecule has 0 spiro atoms. The first-order valence-electron chi connectivity index (χ1n) is 8.45. The molecule has 1 aromatic heterocycles. The topological polar surface area (TPSA) is 87.4 Å². The molecule has 0 saturated heterocycles. The molecule has 0 bridgehead atoms. The summed E-state index contributed by atoms with van der Waals surface area (Å²) in [5.41, 5.74) is -0.944. The average Bonchev–Trinajstić information content (AvgIpc) is 2.63. The number of aromatic hydroxyl groups is 1. The van der Waals surface area contributed by atoms with Crippen molar-refractivity contribution in [3.8, 4) is 11.6 Å². The van der Waals surface area contributed by atoms with Crippen LogP contribution < -0.4 is 11.2 Å². The van der Waals surface area contributed by atoms with Gasteiger partial charge in [-0.25, -0.2) is 9.36 Å². The Kier molecular flexibility index (Phi) is 5.15. The third-order valence-corrected chi connectivity index (χ3v) is 4.39. The molecule has 0 radical (unpaired) electrons. The molecule has 2 aromatic carbocycles. The molecule has 0 aliphatic rings. The van der Waals surface area contributed by atoms with Crippen molar-refractivity contribution in [1.82, 2.24) is 9.55 Å². The Balaban J connectivity index is 2.09. The first-order chi connectivity index (χ1) is 13.6. The van der Waals surface area contributed by atoms with Crippen LogP contribution in [0.3, 0.4) is 0 Å². The lowest BCUT2D eigenvalue weighted by molar-refractivity contribution is -0.137. The van der Waals surface area contributed by atoms with E-state index >= 15 is 0 Å². The van der Waals surface area contributed by atoms with Gasteiger partial charge in [0, 0.05) is 6.21 Å². The van der Waals surface area contributed by atoms with Crippen LogP contribution in [0.5, 0.6) is 5.88 Å². The van der Waals surface area contributed by atoms with Gasteiger partial charge >= 0.3 is 11.9 Å². The van der Waals surface area contributed by atoms with Crippen molar-refractivity contribution < 1.29 is 18.3 Å². The minimum atomic E-state index is -4.54. The average molecular weight is 403 g/mol. The van der Waals surface area contributed by atoms with Crippen molar-refractivity contribution >= 4 is 11.9 Å². The largest absolute Gasteiger partial charge is 0.493 e. The van der Waals surface area contributed by atoms with Crippen molar-refractivity contribution in [3.05, 3.63) is 85.6 Å². The first kappa shape index (κ1) is 20.1. The van der Waals surface area contributed by atoms with Gasteiger partial charge < -0.3 is 5.11 Å². The van der Waals surface area contributed by atoms with Crippen LogP contribution in [0.25, 0.3) is 5.69 Å². The molecule has 2 N–H and O–H groups in total. The summed E-state index contributed by atoms with van der Waals surface area (Å²) in [6.07, 6.45) is -3.62. The van der Waals surface area contributed by atoms with Gasteiger partial charge in [-0.05, 0) is 55.3 Å². The summed E-state index contributed by atoms with van der Waals surface area (Å²) in [5, 5.41) is 10.5. The van der Waals surface area contributed by atoms with Crippen LogP contribution in [0.4, 0.5) is 18.9 Å². The van der Waals surface area contributed by atoms with Crippen LogP contribution in [0.15, 0.2) is 57.0 Å². The highest BCUT2D eigenvalue weighted by Crippen LogP contribution is 2.31. The molecular formula is C20H16F3N3O3. The molecule has 3 aromatic rings. The minimum absolute atomic E-state index is 0.0671. The summed E-state index contributed by atoms with van der Waals surface area (Å²) in [5.74, 6) is -0.669. The van der Waals surface area contributed by atoms with E-state index in [9.17, 15) is 27.9 Å². The van der Waals surface area contributed by atoms with E-state index < -0.39 is 28.9 Å². The van der Waals surface area contributed by atoms with Gasteiger partial charge in [-0.2, -0.15) is 13.2 Å². The second-order valence-corrected chi connectivity index (χ2v) is 6.41. The van der Waals surface area contributed by atoms with Gasteiger partial charge in [-0.1, -0.05) is 12.1 Å². The Hall–Kier alpha value is -3.62. The molecule has 0 saturated carbocycles. The van der Waals surface area contributed by atoms with E-state index in [1.165, 1.54) is 12.1 Å². The van der Waals surface area contributed by atoms with Crippen LogP contribution in [-0.2, 0) is 6.18 Å². The van der Waals surface area contributed by atoms with Crippen LogP contribution in [0.1, 0.15) is 22.3 Å². The normalized spacial score (nSPS) is 11.9. The lowest BCUT2D eigenvalue weighted by Gasteiger charge is -2.11. The van der Waals surface area contributed by atoms with E-state index in [0.717, 1.165) is 34.0 Å². The lowest BCUT2D eigenvalue weighted by Crippen LogP contribution is -2.31. The Morgan fingerprint density at radius 3 is 2.45 bits per heavy atom. The van der Waals surface area contributed by atoms with E-state index in [2.05, 4.69) is 9.98 Å². The SMILES string of the molecule is Cc1ccc(-n2c(O)c(C=Nc3cccc(C(F)(F)F)c3)c(=O)[nH]c2=O)cc1C. The summed E-state index contributed by atoms with van der Waals surface area (Å²) >= 11 is 0.